The van der Waals surface area contributed by atoms with Crippen molar-refractivity contribution in [2.75, 3.05) is 20.3 Å². The lowest BCUT2D eigenvalue weighted by atomic mass is 10.2. The Kier molecular flexibility index (Phi) is 6.72. The summed E-state index contributed by atoms with van der Waals surface area (Å²) in [7, 11) is 1.58. The fraction of sp³-hybridized carbons (Fsp3) is 0.286. The first-order chi connectivity index (χ1) is 14.0. The quantitative estimate of drug-likeness (QED) is 0.609. The molecule has 2 aromatic carbocycles. The first-order valence-corrected chi connectivity index (χ1v) is 9.61. The lowest BCUT2D eigenvalue weighted by molar-refractivity contribution is -0.134. The highest BCUT2D eigenvalue weighted by molar-refractivity contribution is 6.31. The van der Waals surface area contributed by atoms with Gasteiger partial charge in [-0.2, -0.15) is 0 Å². The fourth-order valence-electron chi connectivity index (χ4n) is 2.89. The number of halogens is 1. The van der Waals surface area contributed by atoms with Gasteiger partial charge in [0.1, 0.15) is 17.3 Å². The molecular formula is C21H22ClN3O4. The summed E-state index contributed by atoms with van der Waals surface area (Å²) in [6, 6.07) is 11.9. The summed E-state index contributed by atoms with van der Waals surface area (Å²) in [6.07, 6.45) is 0.762. The maximum absolute atomic E-state index is 12.7. The van der Waals surface area contributed by atoms with Gasteiger partial charge in [0, 0.05) is 11.6 Å². The van der Waals surface area contributed by atoms with Crippen molar-refractivity contribution in [3.05, 3.63) is 63.7 Å². The molecule has 0 atom stereocenters. The third-order valence-corrected chi connectivity index (χ3v) is 4.56. The summed E-state index contributed by atoms with van der Waals surface area (Å²) >= 11 is 6.01. The molecule has 29 heavy (non-hydrogen) atoms. The molecule has 3 rings (SSSR count). The predicted molar refractivity (Wildman–Crippen MR) is 112 cm³/mol. The van der Waals surface area contributed by atoms with Gasteiger partial charge in [-0.1, -0.05) is 18.5 Å². The maximum atomic E-state index is 12.7. The van der Waals surface area contributed by atoms with E-state index in [1.54, 1.807) is 54.5 Å². The lowest BCUT2D eigenvalue weighted by Crippen LogP contribution is -2.36. The fourth-order valence-corrected chi connectivity index (χ4v) is 3.05. The van der Waals surface area contributed by atoms with Crippen molar-refractivity contribution in [2.24, 2.45) is 0 Å². The van der Waals surface area contributed by atoms with Crippen LogP contribution in [-0.4, -0.2) is 41.0 Å². The Bertz CT molecular complexity index is 1050. The van der Waals surface area contributed by atoms with Crippen molar-refractivity contribution < 1.29 is 14.3 Å². The highest BCUT2D eigenvalue weighted by atomic mass is 35.5. The third kappa shape index (κ3) is 5.26. The monoisotopic (exact) mass is 415 g/mol. The number of amides is 1. The van der Waals surface area contributed by atoms with Gasteiger partial charge in [0.25, 0.3) is 11.5 Å². The number of methoxy groups -OCH3 is 1. The van der Waals surface area contributed by atoms with Crippen molar-refractivity contribution in [1.82, 2.24) is 14.9 Å². The van der Waals surface area contributed by atoms with Gasteiger partial charge in [0.2, 0.25) is 0 Å². The minimum absolute atomic E-state index is 0.115. The van der Waals surface area contributed by atoms with Gasteiger partial charge in [-0.3, -0.25) is 9.59 Å². The number of nitrogens with zero attached hydrogens (tertiary/aromatic N) is 2. The molecule has 0 aliphatic rings. The van der Waals surface area contributed by atoms with Crippen LogP contribution in [0.25, 0.3) is 10.9 Å². The average molecular weight is 416 g/mol. The van der Waals surface area contributed by atoms with Crippen molar-refractivity contribution in [1.29, 1.82) is 0 Å². The van der Waals surface area contributed by atoms with Crippen LogP contribution in [0.4, 0.5) is 0 Å². The smallest absolute Gasteiger partial charge is 0.260 e. The Balaban J connectivity index is 1.72. The Morgan fingerprint density at radius 2 is 1.90 bits per heavy atom. The van der Waals surface area contributed by atoms with E-state index in [1.165, 1.54) is 0 Å². The predicted octanol–water partition coefficient (Wildman–Crippen LogP) is 3.40. The molecule has 0 spiro atoms. The van der Waals surface area contributed by atoms with Crippen LogP contribution in [0, 0.1) is 0 Å². The first-order valence-electron chi connectivity index (χ1n) is 9.23. The largest absolute Gasteiger partial charge is 0.497 e. The minimum Gasteiger partial charge on any atom is -0.497 e. The lowest BCUT2D eigenvalue weighted by Gasteiger charge is -2.22. The van der Waals surface area contributed by atoms with E-state index in [9.17, 15) is 9.59 Å². The van der Waals surface area contributed by atoms with E-state index in [1.807, 2.05) is 6.92 Å². The van der Waals surface area contributed by atoms with E-state index in [-0.39, 0.29) is 24.6 Å². The Hall–Kier alpha value is -3.06. The summed E-state index contributed by atoms with van der Waals surface area (Å²) in [5.41, 5.74) is 0.231. The zero-order valence-electron chi connectivity index (χ0n) is 16.3. The molecule has 0 aliphatic carbocycles. The number of hydrogen-bond donors (Lipinski definition) is 1. The number of carbonyl (C=O) groups is 1. The van der Waals surface area contributed by atoms with E-state index in [0.29, 0.717) is 39.8 Å². The molecule has 7 nitrogen and oxygen atoms in total. The summed E-state index contributed by atoms with van der Waals surface area (Å²) in [6.45, 7) is 2.55. The van der Waals surface area contributed by atoms with E-state index >= 15 is 0 Å². The first kappa shape index (κ1) is 20.7. The standard InChI is InChI=1S/C21H22ClN3O4/c1-3-10-25(20(26)13-29-16-7-5-15(28-2)6-8-16)12-19-23-18-11-14(22)4-9-17(18)21(27)24-19/h4-9,11H,3,10,12-13H2,1-2H3,(H,23,24,27). The molecular weight excluding hydrogens is 394 g/mol. The molecule has 0 radical (unpaired) electrons. The van der Waals surface area contributed by atoms with E-state index in [2.05, 4.69) is 9.97 Å². The molecule has 0 aliphatic heterocycles. The summed E-state index contributed by atoms with van der Waals surface area (Å²) in [5, 5.41) is 0.949. The normalized spacial score (nSPS) is 10.7. The van der Waals surface area contributed by atoms with Crippen LogP contribution in [-0.2, 0) is 11.3 Å². The van der Waals surface area contributed by atoms with E-state index in [4.69, 9.17) is 21.1 Å². The molecule has 3 aromatic rings. The number of fused-ring (bicyclic) bond motifs is 1. The SMILES string of the molecule is CCCN(Cc1nc2cc(Cl)ccc2c(=O)[nH]1)C(=O)COc1ccc(OC)cc1. The molecule has 0 bridgehead atoms. The van der Waals surface area contributed by atoms with Gasteiger partial charge in [-0.05, 0) is 48.9 Å². The second-order valence-corrected chi connectivity index (χ2v) is 6.89. The van der Waals surface area contributed by atoms with Gasteiger partial charge in [-0.15, -0.1) is 0 Å². The van der Waals surface area contributed by atoms with Crippen LogP contribution in [0.2, 0.25) is 5.02 Å². The molecule has 0 saturated heterocycles. The Morgan fingerprint density at radius 3 is 2.59 bits per heavy atom. The van der Waals surface area contributed by atoms with Gasteiger partial charge in [0.15, 0.2) is 6.61 Å². The molecule has 1 amide bonds. The van der Waals surface area contributed by atoms with Crippen molar-refractivity contribution >= 4 is 28.4 Å². The number of ether oxygens (including phenoxy) is 2. The van der Waals surface area contributed by atoms with E-state index < -0.39 is 0 Å². The molecule has 8 heteroatoms. The number of rotatable bonds is 8. The van der Waals surface area contributed by atoms with Crippen molar-refractivity contribution in [2.45, 2.75) is 19.9 Å². The zero-order chi connectivity index (χ0) is 20.8. The number of hydrogen-bond acceptors (Lipinski definition) is 5. The number of nitrogens with one attached hydrogen (secondary N) is 1. The van der Waals surface area contributed by atoms with Crippen LogP contribution < -0.4 is 15.0 Å². The summed E-state index contributed by atoms with van der Waals surface area (Å²) in [4.78, 5) is 33.8. The summed E-state index contributed by atoms with van der Waals surface area (Å²) in [5.74, 6) is 1.48. The van der Waals surface area contributed by atoms with Gasteiger partial charge in [0.05, 0.1) is 24.6 Å². The molecule has 1 N–H and O–H groups in total. The molecule has 0 saturated carbocycles. The van der Waals surface area contributed by atoms with Crippen molar-refractivity contribution in [3.8, 4) is 11.5 Å². The second kappa shape index (κ2) is 9.43. The van der Waals surface area contributed by atoms with Crippen LogP contribution in [0.15, 0.2) is 47.3 Å². The van der Waals surface area contributed by atoms with Gasteiger partial charge < -0.3 is 19.4 Å². The van der Waals surface area contributed by atoms with Crippen LogP contribution in [0.5, 0.6) is 11.5 Å². The zero-order valence-corrected chi connectivity index (χ0v) is 17.0. The van der Waals surface area contributed by atoms with Gasteiger partial charge >= 0.3 is 0 Å². The number of carbonyl (C=O) groups excluding carboxylic acids is 1. The number of benzene rings is 2. The number of aromatic nitrogens is 2. The molecule has 0 unspecified atom stereocenters. The number of aromatic amines is 1. The molecule has 152 valence electrons. The van der Waals surface area contributed by atoms with E-state index in [0.717, 1.165) is 6.42 Å². The molecule has 1 heterocycles. The van der Waals surface area contributed by atoms with Gasteiger partial charge in [-0.25, -0.2) is 4.98 Å². The topological polar surface area (TPSA) is 84.5 Å². The number of H-pyrrole nitrogens is 1. The highest BCUT2D eigenvalue weighted by Crippen LogP contribution is 2.17. The maximum Gasteiger partial charge on any atom is 0.260 e. The average Bonchev–Trinajstić information content (AvgIpc) is 2.71. The Labute approximate surface area is 173 Å². The molecule has 1 aromatic heterocycles. The van der Waals surface area contributed by atoms with Crippen LogP contribution in [0.1, 0.15) is 19.2 Å². The third-order valence-electron chi connectivity index (χ3n) is 4.33. The summed E-state index contributed by atoms with van der Waals surface area (Å²) < 4.78 is 10.7. The Morgan fingerprint density at radius 1 is 1.17 bits per heavy atom. The second-order valence-electron chi connectivity index (χ2n) is 6.45. The highest BCUT2D eigenvalue weighted by Gasteiger charge is 2.16. The van der Waals surface area contributed by atoms with Crippen molar-refractivity contribution in [3.63, 3.8) is 0 Å². The minimum atomic E-state index is -0.264. The molecule has 0 fully saturated rings. The van der Waals surface area contributed by atoms with Crippen LogP contribution in [0.3, 0.4) is 0 Å². The van der Waals surface area contributed by atoms with Crippen LogP contribution >= 0.6 is 11.6 Å².